The summed E-state index contributed by atoms with van der Waals surface area (Å²) in [6.07, 6.45) is 0.228. The fraction of sp³-hybridized carbons (Fsp3) is 0.391. The molecule has 30 heavy (non-hydrogen) atoms. The second-order valence-corrected chi connectivity index (χ2v) is 8.08. The van der Waals surface area contributed by atoms with Gasteiger partial charge in [0.1, 0.15) is 0 Å². The summed E-state index contributed by atoms with van der Waals surface area (Å²) in [6, 6.07) is 16.7. The van der Waals surface area contributed by atoms with Gasteiger partial charge < -0.3 is 15.5 Å². The van der Waals surface area contributed by atoms with E-state index in [-0.39, 0.29) is 30.8 Å². The lowest BCUT2D eigenvalue weighted by molar-refractivity contribution is -0.121. The van der Waals surface area contributed by atoms with Gasteiger partial charge in [0.25, 0.3) is 5.91 Å². The highest BCUT2D eigenvalue weighted by Gasteiger charge is 2.21. The van der Waals surface area contributed by atoms with Crippen LogP contribution in [0.4, 0.5) is 0 Å². The van der Waals surface area contributed by atoms with Gasteiger partial charge in [-0.15, -0.1) is 0 Å². The smallest absolute Gasteiger partial charge is 0.251 e. The Balaban J connectivity index is 1.51. The van der Waals surface area contributed by atoms with Crippen LogP contribution in [-0.4, -0.2) is 67.9 Å². The van der Waals surface area contributed by atoms with Crippen LogP contribution < -0.4 is 10.6 Å². The van der Waals surface area contributed by atoms with Crippen LogP contribution in [0.5, 0.6) is 0 Å². The summed E-state index contributed by atoms with van der Waals surface area (Å²) < 4.78 is 0. The van der Waals surface area contributed by atoms with Crippen LogP contribution in [0, 0.1) is 0 Å². The Kier molecular flexibility index (Phi) is 8.25. The van der Waals surface area contributed by atoms with E-state index < -0.39 is 0 Å². The minimum Gasteiger partial charge on any atom is -0.352 e. The number of hydrogen-bond acceptors (Lipinski definition) is 4. The van der Waals surface area contributed by atoms with Crippen LogP contribution in [0.25, 0.3) is 0 Å². The molecule has 1 fully saturated rings. The van der Waals surface area contributed by atoms with Gasteiger partial charge in [0.15, 0.2) is 0 Å². The Morgan fingerprint density at radius 1 is 1.00 bits per heavy atom. The van der Waals surface area contributed by atoms with Crippen molar-refractivity contribution in [2.45, 2.75) is 12.5 Å². The summed E-state index contributed by atoms with van der Waals surface area (Å²) in [4.78, 5) is 29.5. The largest absolute Gasteiger partial charge is 0.352 e. The molecule has 6 nitrogen and oxygen atoms in total. The third-order valence-corrected chi connectivity index (χ3v) is 5.57. The maximum absolute atomic E-state index is 12.6. The van der Waals surface area contributed by atoms with Gasteiger partial charge in [0, 0.05) is 56.3 Å². The Morgan fingerprint density at radius 3 is 2.33 bits per heavy atom. The Labute approximate surface area is 183 Å². The molecule has 0 radical (unpaired) electrons. The lowest BCUT2D eigenvalue weighted by Gasteiger charge is -2.35. The molecule has 1 atom stereocenters. The molecule has 1 unspecified atom stereocenters. The first kappa shape index (κ1) is 22.3. The SMILES string of the molecule is CN1CCN(CC(NC(=O)CCNC(=O)c2ccc(Cl)cc2)c2ccccc2)CC1. The summed E-state index contributed by atoms with van der Waals surface area (Å²) in [6.45, 7) is 5.11. The summed E-state index contributed by atoms with van der Waals surface area (Å²) in [5.74, 6) is -0.286. The number of nitrogens with one attached hydrogen (secondary N) is 2. The quantitative estimate of drug-likeness (QED) is 0.678. The van der Waals surface area contributed by atoms with E-state index >= 15 is 0 Å². The summed E-state index contributed by atoms with van der Waals surface area (Å²) in [5.41, 5.74) is 1.62. The van der Waals surface area contributed by atoms with Crippen LogP contribution >= 0.6 is 11.6 Å². The zero-order valence-electron chi connectivity index (χ0n) is 17.3. The average molecular weight is 429 g/mol. The average Bonchev–Trinajstić information content (AvgIpc) is 2.76. The number of amides is 2. The van der Waals surface area contributed by atoms with Crippen LogP contribution in [0.3, 0.4) is 0 Å². The van der Waals surface area contributed by atoms with Gasteiger partial charge in [-0.25, -0.2) is 0 Å². The molecule has 1 heterocycles. The molecule has 160 valence electrons. The standard InChI is InChI=1S/C23H29ClN4O2/c1-27-13-15-28(16-14-27)17-21(18-5-3-2-4-6-18)26-22(29)11-12-25-23(30)19-7-9-20(24)10-8-19/h2-10,21H,11-17H2,1H3,(H,25,30)(H,26,29). The number of benzene rings is 2. The molecule has 2 aromatic carbocycles. The van der Waals surface area contributed by atoms with Crippen molar-refractivity contribution < 1.29 is 9.59 Å². The number of carbonyl (C=O) groups is 2. The van der Waals surface area contributed by atoms with Crippen LogP contribution in [0.2, 0.25) is 5.02 Å². The first-order valence-corrected chi connectivity index (χ1v) is 10.7. The van der Waals surface area contributed by atoms with Gasteiger partial charge in [0.05, 0.1) is 6.04 Å². The summed E-state index contributed by atoms with van der Waals surface area (Å²) >= 11 is 5.85. The van der Waals surface area contributed by atoms with Crippen LogP contribution in [0.15, 0.2) is 54.6 Å². The maximum Gasteiger partial charge on any atom is 0.251 e. The van der Waals surface area contributed by atoms with Gasteiger partial charge in [-0.3, -0.25) is 14.5 Å². The van der Waals surface area contributed by atoms with Gasteiger partial charge >= 0.3 is 0 Å². The molecule has 1 saturated heterocycles. The maximum atomic E-state index is 12.6. The van der Waals surface area contributed by atoms with E-state index in [4.69, 9.17) is 11.6 Å². The zero-order valence-corrected chi connectivity index (χ0v) is 18.1. The molecule has 2 amide bonds. The van der Waals surface area contributed by atoms with Gasteiger partial charge in [0.2, 0.25) is 5.91 Å². The molecule has 2 N–H and O–H groups in total. The fourth-order valence-electron chi connectivity index (χ4n) is 3.47. The number of likely N-dealkylation sites (N-methyl/N-ethyl adjacent to an activating group) is 1. The van der Waals surface area contributed by atoms with Crippen LogP contribution in [0.1, 0.15) is 28.4 Å². The molecule has 3 rings (SSSR count). The highest BCUT2D eigenvalue weighted by Crippen LogP contribution is 2.16. The molecular weight excluding hydrogens is 400 g/mol. The van der Waals surface area contributed by atoms with E-state index in [9.17, 15) is 9.59 Å². The Hall–Kier alpha value is -2.41. The van der Waals surface area contributed by atoms with Gasteiger partial charge in [-0.1, -0.05) is 41.9 Å². The molecule has 0 spiro atoms. The highest BCUT2D eigenvalue weighted by atomic mass is 35.5. The molecule has 0 aromatic heterocycles. The van der Waals surface area contributed by atoms with E-state index in [0.717, 1.165) is 38.3 Å². The highest BCUT2D eigenvalue weighted by molar-refractivity contribution is 6.30. The third-order valence-electron chi connectivity index (χ3n) is 5.32. The van der Waals surface area contributed by atoms with E-state index in [1.807, 2.05) is 30.3 Å². The normalized spacial score (nSPS) is 16.1. The van der Waals surface area contributed by atoms with Crippen molar-refractivity contribution in [3.05, 3.63) is 70.7 Å². The first-order chi connectivity index (χ1) is 14.5. The van der Waals surface area contributed by atoms with Crippen molar-refractivity contribution in [1.82, 2.24) is 20.4 Å². The van der Waals surface area contributed by atoms with Crippen molar-refractivity contribution in [1.29, 1.82) is 0 Å². The molecule has 0 bridgehead atoms. The molecule has 0 saturated carbocycles. The molecule has 7 heteroatoms. The topological polar surface area (TPSA) is 64.7 Å². The predicted octanol–water partition coefficient (Wildman–Crippen LogP) is 2.56. The lowest BCUT2D eigenvalue weighted by atomic mass is 10.1. The Morgan fingerprint density at radius 2 is 1.67 bits per heavy atom. The van der Waals surface area contributed by atoms with E-state index in [2.05, 4.69) is 27.5 Å². The molecule has 2 aromatic rings. The number of nitrogens with zero attached hydrogens (tertiary/aromatic N) is 2. The lowest BCUT2D eigenvalue weighted by Crippen LogP contribution is -2.48. The first-order valence-electron chi connectivity index (χ1n) is 10.3. The van der Waals surface area contributed by atoms with E-state index in [1.54, 1.807) is 24.3 Å². The monoisotopic (exact) mass is 428 g/mol. The van der Waals surface area contributed by atoms with Crippen LogP contribution in [-0.2, 0) is 4.79 Å². The molecule has 1 aliphatic heterocycles. The summed E-state index contributed by atoms with van der Waals surface area (Å²) in [5, 5.41) is 6.52. The second-order valence-electron chi connectivity index (χ2n) is 7.65. The number of piperazine rings is 1. The number of carbonyl (C=O) groups excluding carboxylic acids is 2. The van der Waals surface area contributed by atoms with Crippen molar-refractivity contribution >= 4 is 23.4 Å². The Bertz CT molecular complexity index is 821. The minimum atomic E-state index is -0.212. The molecular formula is C23H29ClN4O2. The molecule has 1 aliphatic rings. The van der Waals surface area contributed by atoms with E-state index in [1.165, 1.54) is 0 Å². The number of halogens is 1. The van der Waals surface area contributed by atoms with Gasteiger partial charge in [-0.05, 0) is 36.9 Å². The van der Waals surface area contributed by atoms with E-state index in [0.29, 0.717) is 10.6 Å². The third kappa shape index (κ3) is 6.83. The zero-order chi connectivity index (χ0) is 21.3. The fourth-order valence-corrected chi connectivity index (χ4v) is 3.59. The van der Waals surface area contributed by atoms with Crippen molar-refractivity contribution in [2.24, 2.45) is 0 Å². The number of rotatable bonds is 8. The predicted molar refractivity (Wildman–Crippen MR) is 120 cm³/mol. The summed E-state index contributed by atoms with van der Waals surface area (Å²) in [7, 11) is 2.13. The minimum absolute atomic E-state index is 0.0746. The van der Waals surface area contributed by atoms with Crippen molar-refractivity contribution in [3.8, 4) is 0 Å². The second kappa shape index (κ2) is 11.1. The molecule has 0 aliphatic carbocycles. The number of hydrogen-bond donors (Lipinski definition) is 2. The van der Waals surface area contributed by atoms with Gasteiger partial charge in [-0.2, -0.15) is 0 Å². The van der Waals surface area contributed by atoms with Crippen molar-refractivity contribution in [2.75, 3.05) is 46.3 Å². The van der Waals surface area contributed by atoms with Crippen molar-refractivity contribution in [3.63, 3.8) is 0 Å².